The molecule has 0 amide bonds. The lowest BCUT2D eigenvalue weighted by molar-refractivity contribution is 1.31. The van der Waals surface area contributed by atoms with Gasteiger partial charge in [0.2, 0.25) is 0 Å². The summed E-state index contributed by atoms with van der Waals surface area (Å²) in [6.07, 6.45) is 3.41. The van der Waals surface area contributed by atoms with Crippen LogP contribution in [0.5, 0.6) is 0 Å². The summed E-state index contributed by atoms with van der Waals surface area (Å²) in [5.41, 5.74) is 3.14. The lowest BCUT2D eigenvalue weighted by Gasteiger charge is -2.01. The molecule has 0 spiro atoms. The number of rotatable bonds is 1. The number of imidazole rings is 1. The largest absolute Gasteiger partial charge is 0.345 e. The van der Waals surface area contributed by atoms with Crippen LogP contribution in [0.3, 0.4) is 0 Å². The standard InChI is InChI=1S/C10H9ClN2/c1-7-2-3-9(11)8(4-7)10-5-12-6-13-10/h2-6H,1H3,(H,12,13). The molecular formula is C10H9ClN2. The molecule has 2 aromatic rings. The average Bonchev–Trinajstić information content (AvgIpc) is 2.61. The van der Waals surface area contributed by atoms with E-state index in [4.69, 9.17) is 11.6 Å². The van der Waals surface area contributed by atoms with Crippen molar-refractivity contribution in [2.24, 2.45) is 0 Å². The number of aromatic nitrogens is 2. The Hall–Kier alpha value is -1.28. The van der Waals surface area contributed by atoms with Crippen molar-refractivity contribution in [1.29, 1.82) is 0 Å². The fourth-order valence-electron chi connectivity index (χ4n) is 1.25. The van der Waals surface area contributed by atoms with E-state index in [2.05, 4.69) is 9.97 Å². The van der Waals surface area contributed by atoms with E-state index in [0.29, 0.717) is 0 Å². The number of hydrogen-bond donors (Lipinski definition) is 1. The van der Waals surface area contributed by atoms with Crippen LogP contribution in [0.15, 0.2) is 30.7 Å². The zero-order chi connectivity index (χ0) is 9.26. The van der Waals surface area contributed by atoms with Gasteiger partial charge in [-0.15, -0.1) is 0 Å². The van der Waals surface area contributed by atoms with Crippen molar-refractivity contribution in [3.8, 4) is 11.3 Å². The molecule has 66 valence electrons. The van der Waals surface area contributed by atoms with Crippen molar-refractivity contribution in [1.82, 2.24) is 9.97 Å². The maximum Gasteiger partial charge on any atom is 0.0924 e. The molecule has 1 aromatic carbocycles. The Morgan fingerprint density at radius 3 is 2.92 bits per heavy atom. The third-order valence-electron chi connectivity index (χ3n) is 1.91. The number of aryl methyl sites for hydroxylation is 1. The van der Waals surface area contributed by atoms with Gasteiger partial charge in [0, 0.05) is 10.6 Å². The second-order valence-corrected chi connectivity index (χ2v) is 3.36. The average molecular weight is 193 g/mol. The lowest BCUT2D eigenvalue weighted by atomic mass is 10.1. The summed E-state index contributed by atoms with van der Waals surface area (Å²) in [5, 5.41) is 0.745. The van der Waals surface area contributed by atoms with E-state index < -0.39 is 0 Å². The molecule has 0 unspecified atom stereocenters. The Morgan fingerprint density at radius 2 is 2.23 bits per heavy atom. The van der Waals surface area contributed by atoms with E-state index in [0.717, 1.165) is 16.3 Å². The van der Waals surface area contributed by atoms with E-state index in [1.165, 1.54) is 5.56 Å². The quantitative estimate of drug-likeness (QED) is 0.739. The predicted octanol–water partition coefficient (Wildman–Crippen LogP) is 3.04. The molecule has 0 atom stereocenters. The predicted molar refractivity (Wildman–Crippen MR) is 53.8 cm³/mol. The fourth-order valence-corrected chi connectivity index (χ4v) is 1.47. The molecule has 0 aliphatic heterocycles. The first-order valence-corrected chi connectivity index (χ1v) is 4.40. The summed E-state index contributed by atoms with van der Waals surface area (Å²) < 4.78 is 0. The normalized spacial score (nSPS) is 10.3. The molecule has 0 aliphatic rings. The molecule has 0 saturated heterocycles. The number of nitrogens with zero attached hydrogens (tertiary/aromatic N) is 1. The summed E-state index contributed by atoms with van der Waals surface area (Å²) in [4.78, 5) is 6.98. The molecular weight excluding hydrogens is 184 g/mol. The highest BCUT2D eigenvalue weighted by Gasteiger charge is 2.03. The number of hydrogen-bond acceptors (Lipinski definition) is 1. The zero-order valence-corrected chi connectivity index (χ0v) is 7.97. The maximum absolute atomic E-state index is 6.04. The summed E-state index contributed by atoms with van der Waals surface area (Å²) in [5.74, 6) is 0. The van der Waals surface area contributed by atoms with Crippen molar-refractivity contribution in [2.45, 2.75) is 6.92 Å². The highest BCUT2D eigenvalue weighted by Crippen LogP contribution is 2.26. The number of nitrogens with one attached hydrogen (secondary N) is 1. The Labute approximate surface area is 81.6 Å². The Morgan fingerprint density at radius 1 is 1.38 bits per heavy atom. The van der Waals surface area contributed by atoms with Crippen LogP contribution in [0.1, 0.15) is 5.56 Å². The van der Waals surface area contributed by atoms with Crippen LogP contribution in [-0.2, 0) is 0 Å². The lowest BCUT2D eigenvalue weighted by Crippen LogP contribution is -1.80. The highest BCUT2D eigenvalue weighted by molar-refractivity contribution is 6.33. The molecule has 0 radical (unpaired) electrons. The first-order valence-electron chi connectivity index (χ1n) is 4.02. The maximum atomic E-state index is 6.04. The van der Waals surface area contributed by atoms with Gasteiger partial charge in [-0.3, -0.25) is 0 Å². The third kappa shape index (κ3) is 1.58. The van der Waals surface area contributed by atoms with Crippen LogP contribution < -0.4 is 0 Å². The Kier molecular flexibility index (Phi) is 2.07. The second kappa shape index (κ2) is 3.23. The van der Waals surface area contributed by atoms with Crippen molar-refractivity contribution < 1.29 is 0 Å². The molecule has 0 fully saturated rings. The number of H-pyrrole nitrogens is 1. The van der Waals surface area contributed by atoms with Gasteiger partial charge in [0.1, 0.15) is 0 Å². The highest BCUT2D eigenvalue weighted by atomic mass is 35.5. The summed E-state index contributed by atoms with van der Waals surface area (Å²) in [7, 11) is 0. The van der Waals surface area contributed by atoms with Gasteiger partial charge in [0.15, 0.2) is 0 Å². The van der Waals surface area contributed by atoms with E-state index in [-0.39, 0.29) is 0 Å². The van der Waals surface area contributed by atoms with E-state index in [1.807, 2.05) is 25.1 Å². The van der Waals surface area contributed by atoms with E-state index in [1.54, 1.807) is 12.5 Å². The topological polar surface area (TPSA) is 28.7 Å². The molecule has 3 heteroatoms. The molecule has 13 heavy (non-hydrogen) atoms. The van der Waals surface area contributed by atoms with Crippen LogP contribution in [0.2, 0.25) is 5.02 Å². The van der Waals surface area contributed by atoms with Gasteiger partial charge in [-0.1, -0.05) is 23.2 Å². The van der Waals surface area contributed by atoms with Gasteiger partial charge in [0.05, 0.1) is 18.2 Å². The summed E-state index contributed by atoms with van der Waals surface area (Å²) in [6.45, 7) is 2.04. The number of benzene rings is 1. The van der Waals surface area contributed by atoms with E-state index >= 15 is 0 Å². The molecule has 0 aliphatic carbocycles. The van der Waals surface area contributed by atoms with Gasteiger partial charge in [-0.2, -0.15) is 0 Å². The van der Waals surface area contributed by atoms with Crippen molar-refractivity contribution >= 4 is 11.6 Å². The smallest absolute Gasteiger partial charge is 0.0924 e. The van der Waals surface area contributed by atoms with Crippen LogP contribution in [-0.4, -0.2) is 9.97 Å². The number of aromatic amines is 1. The van der Waals surface area contributed by atoms with Gasteiger partial charge in [0.25, 0.3) is 0 Å². The second-order valence-electron chi connectivity index (χ2n) is 2.95. The minimum atomic E-state index is 0.745. The minimum absolute atomic E-state index is 0.745. The molecule has 1 heterocycles. The minimum Gasteiger partial charge on any atom is -0.345 e. The Balaban J connectivity index is 2.57. The fraction of sp³-hybridized carbons (Fsp3) is 0.100. The monoisotopic (exact) mass is 192 g/mol. The van der Waals surface area contributed by atoms with Crippen molar-refractivity contribution in [2.75, 3.05) is 0 Å². The van der Waals surface area contributed by atoms with Crippen molar-refractivity contribution in [3.05, 3.63) is 41.3 Å². The molecule has 0 saturated carbocycles. The van der Waals surface area contributed by atoms with Gasteiger partial charge in [-0.05, 0) is 19.1 Å². The first-order chi connectivity index (χ1) is 6.27. The first kappa shape index (κ1) is 8.32. The molecule has 1 N–H and O–H groups in total. The van der Waals surface area contributed by atoms with Gasteiger partial charge < -0.3 is 4.98 Å². The Bertz CT molecular complexity index is 407. The van der Waals surface area contributed by atoms with Crippen LogP contribution in [0.4, 0.5) is 0 Å². The molecule has 2 rings (SSSR count). The van der Waals surface area contributed by atoms with Gasteiger partial charge >= 0.3 is 0 Å². The molecule has 0 bridgehead atoms. The molecule has 2 nitrogen and oxygen atoms in total. The van der Waals surface area contributed by atoms with Crippen molar-refractivity contribution in [3.63, 3.8) is 0 Å². The van der Waals surface area contributed by atoms with E-state index in [9.17, 15) is 0 Å². The number of halogens is 1. The summed E-state index contributed by atoms with van der Waals surface area (Å²) >= 11 is 6.04. The molecule has 1 aromatic heterocycles. The third-order valence-corrected chi connectivity index (χ3v) is 2.24. The zero-order valence-electron chi connectivity index (χ0n) is 7.21. The van der Waals surface area contributed by atoms with Crippen LogP contribution in [0.25, 0.3) is 11.3 Å². The van der Waals surface area contributed by atoms with Crippen LogP contribution >= 0.6 is 11.6 Å². The van der Waals surface area contributed by atoms with Gasteiger partial charge in [-0.25, -0.2) is 4.98 Å². The SMILES string of the molecule is Cc1ccc(Cl)c(-c2cnc[nH]2)c1. The van der Waals surface area contributed by atoms with Crippen LogP contribution in [0, 0.1) is 6.92 Å². The summed E-state index contributed by atoms with van der Waals surface area (Å²) in [6, 6.07) is 5.92.